The Labute approximate surface area is 139 Å². The third kappa shape index (κ3) is 2.02. The van der Waals surface area contributed by atoms with Gasteiger partial charge in [-0.1, -0.05) is 6.92 Å². The van der Waals surface area contributed by atoms with Crippen molar-refractivity contribution in [3.63, 3.8) is 0 Å². The van der Waals surface area contributed by atoms with Gasteiger partial charge in [0.2, 0.25) is 0 Å². The van der Waals surface area contributed by atoms with Crippen molar-refractivity contribution in [2.24, 2.45) is 16.7 Å². The Kier molecular flexibility index (Phi) is 3.88. The fourth-order valence-corrected chi connectivity index (χ4v) is 4.83. The molecule has 1 saturated carbocycles. The van der Waals surface area contributed by atoms with Crippen LogP contribution >= 0.6 is 0 Å². The van der Waals surface area contributed by atoms with Crippen LogP contribution in [0.3, 0.4) is 0 Å². The second-order valence-electron chi connectivity index (χ2n) is 7.25. The van der Waals surface area contributed by atoms with E-state index in [2.05, 4.69) is 0 Å². The van der Waals surface area contributed by atoms with E-state index in [1.807, 2.05) is 0 Å². The molecule has 134 valence electrons. The lowest BCUT2D eigenvalue weighted by atomic mass is 9.57. The van der Waals surface area contributed by atoms with Gasteiger partial charge in [0.05, 0.1) is 25.6 Å². The number of cyclic esters (lactones) is 1. The first kappa shape index (κ1) is 17.2. The molecule has 0 aromatic carbocycles. The monoisotopic (exact) mass is 342 g/mol. The Morgan fingerprint density at radius 2 is 2.00 bits per heavy atom. The van der Waals surface area contributed by atoms with Crippen molar-refractivity contribution in [3.05, 3.63) is 0 Å². The first-order valence-electron chi connectivity index (χ1n) is 8.02. The van der Waals surface area contributed by atoms with Crippen LogP contribution in [0.15, 0.2) is 0 Å². The predicted octanol–water partition coefficient (Wildman–Crippen LogP) is -0.452. The largest absolute Gasteiger partial charge is 0.465 e. The number of ether oxygens (including phenoxy) is 3. The van der Waals surface area contributed by atoms with Crippen LogP contribution in [-0.2, 0) is 28.6 Å². The fraction of sp³-hybridized carbons (Fsp3) is 0.812. The minimum absolute atomic E-state index is 0.0395. The van der Waals surface area contributed by atoms with E-state index >= 15 is 0 Å². The molecule has 5 atom stereocenters. The normalized spacial score (nSPS) is 44.2. The van der Waals surface area contributed by atoms with Crippen molar-refractivity contribution in [3.8, 4) is 0 Å². The van der Waals surface area contributed by atoms with Crippen molar-refractivity contribution in [1.29, 1.82) is 0 Å². The molecule has 2 aliphatic heterocycles. The second-order valence-corrected chi connectivity index (χ2v) is 7.25. The summed E-state index contributed by atoms with van der Waals surface area (Å²) in [6, 6.07) is 0. The van der Waals surface area contributed by atoms with Crippen LogP contribution in [-0.4, -0.2) is 59.6 Å². The highest BCUT2D eigenvalue weighted by Crippen LogP contribution is 2.67. The molecule has 2 saturated heterocycles. The second kappa shape index (κ2) is 5.42. The Balaban J connectivity index is 2.16. The van der Waals surface area contributed by atoms with Gasteiger partial charge in [-0.2, -0.15) is 0 Å². The number of rotatable bonds is 3. The van der Waals surface area contributed by atoms with Crippen LogP contribution in [0.5, 0.6) is 0 Å². The average Bonchev–Trinajstić information content (AvgIpc) is 2.85. The summed E-state index contributed by atoms with van der Waals surface area (Å²) in [5, 5.41) is 20.6. The Morgan fingerprint density at radius 3 is 2.62 bits per heavy atom. The first-order valence-corrected chi connectivity index (χ1v) is 8.02. The number of hydrogen-bond donors (Lipinski definition) is 2. The molecule has 8 nitrogen and oxygen atoms in total. The summed E-state index contributed by atoms with van der Waals surface area (Å²) in [6.07, 6.45) is -0.855. The van der Waals surface area contributed by atoms with Gasteiger partial charge >= 0.3 is 17.9 Å². The van der Waals surface area contributed by atoms with Gasteiger partial charge in [-0.05, 0) is 5.92 Å². The van der Waals surface area contributed by atoms with Crippen molar-refractivity contribution < 1.29 is 38.8 Å². The first-order chi connectivity index (χ1) is 11.2. The topological polar surface area (TPSA) is 119 Å². The molecule has 8 heteroatoms. The highest BCUT2D eigenvalue weighted by molar-refractivity contribution is 5.79. The number of aliphatic hydroxyl groups is 2. The summed E-state index contributed by atoms with van der Waals surface area (Å²) in [4.78, 5) is 35.7. The summed E-state index contributed by atoms with van der Waals surface area (Å²) < 4.78 is 16.1. The molecule has 0 aromatic rings. The third-order valence-corrected chi connectivity index (χ3v) is 6.18. The van der Waals surface area contributed by atoms with Crippen molar-refractivity contribution in [2.45, 2.75) is 44.8 Å². The molecule has 24 heavy (non-hydrogen) atoms. The fourth-order valence-electron chi connectivity index (χ4n) is 4.83. The molecule has 1 aliphatic carbocycles. The zero-order valence-electron chi connectivity index (χ0n) is 13.7. The van der Waals surface area contributed by atoms with E-state index < -0.39 is 53.0 Å². The van der Waals surface area contributed by atoms with E-state index in [9.17, 15) is 24.6 Å². The van der Waals surface area contributed by atoms with Gasteiger partial charge in [-0.25, -0.2) is 0 Å². The number of hydrogen-bond acceptors (Lipinski definition) is 8. The quantitative estimate of drug-likeness (QED) is 0.523. The van der Waals surface area contributed by atoms with E-state index in [-0.39, 0.29) is 32.5 Å². The Bertz CT molecular complexity index is 589. The number of aliphatic hydroxyl groups excluding tert-OH is 2. The summed E-state index contributed by atoms with van der Waals surface area (Å²) >= 11 is 0. The molecule has 0 aromatic heterocycles. The number of carbonyl (C=O) groups is 3. The van der Waals surface area contributed by atoms with Crippen LogP contribution in [0, 0.1) is 16.7 Å². The van der Waals surface area contributed by atoms with Gasteiger partial charge in [-0.3, -0.25) is 14.4 Å². The molecular weight excluding hydrogens is 320 g/mol. The van der Waals surface area contributed by atoms with Gasteiger partial charge in [0.1, 0.15) is 24.2 Å². The minimum Gasteiger partial charge on any atom is -0.465 e. The third-order valence-electron chi connectivity index (χ3n) is 6.18. The van der Waals surface area contributed by atoms with E-state index in [0.717, 1.165) is 0 Å². The van der Waals surface area contributed by atoms with Gasteiger partial charge in [-0.15, -0.1) is 0 Å². The molecular formula is C16H22O8. The smallest absolute Gasteiger partial charge is 0.307 e. The lowest BCUT2D eigenvalue weighted by molar-refractivity contribution is -0.200. The van der Waals surface area contributed by atoms with Crippen molar-refractivity contribution in [1.82, 2.24) is 0 Å². The molecule has 3 rings (SSSR count). The molecule has 2 N–H and O–H groups in total. The molecule has 2 heterocycles. The molecule has 3 fully saturated rings. The zero-order valence-corrected chi connectivity index (χ0v) is 13.7. The zero-order chi connectivity index (χ0) is 17.8. The molecule has 0 amide bonds. The molecule has 0 unspecified atom stereocenters. The standard InChI is InChI=1S/C16H22O8/c1-9-11(19)3-16-14(6-17,7-22-10(2)18)8-23-12(20)4-15(9,16)5-13(21)24-16/h9,11,17,19H,3-8H2,1-2H3/t9-,11-,14+,15-,16-/m1/s1. The summed E-state index contributed by atoms with van der Waals surface area (Å²) in [7, 11) is 0. The van der Waals surface area contributed by atoms with Gasteiger partial charge in [0.25, 0.3) is 0 Å². The molecule has 0 spiro atoms. The minimum atomic E-state index is -1.31. The summed E-state index contributed by atoms with van der Waals surface area (Å²) in [5.41, 5.74) is -3.60. The Hall–Kier alpha value is -1.67. The van der Waals surface area contributed by atoms with Gasteiger partial charge < -0.3 is 24.4 Å². The SMILES string of the molecule is CC(=O)OC[C@@]1(CO)COC(=O)C[C@]23CC(=O)O[C@]12C[C@@H](O)[C@H]3C. The van der Waals surface area contributed by atoms with Gasteiger partial charge in [0.15, 0.2) is 0 Å². The Morgan fingerprint density at radius 1 is 1.33 bits per heavy atom. The van der Waals surface area contributed by atoms with Crippen LogP contribution < -0.4 is 0 Å². The summed E-state index contributed by atoms with van der Waals surface area (Å²) in [5.74, 6) is -1.96. The van der Waals surface area contributed by atoms with E-state index in [0.29, 0.717) is 0 Å². The molecule has 0 radical (unpaired) electrons. The van der Waals surface area contributed by atoms with Crippen LogP contribution in [0.25, 0.3) is 0 Å². The number of esters is 3. The summed E-state index contributed by atoms with van der Waals surface area (Å²) in [6.45, 7) is 1.97. The lowest BCUT2D eigenvalue weighted by Crippen LogP contribution is -2.61. The molecule has 0 bridgehead atoms. The maximum absolute atomic E-state index is 12.2. The lowest BCUT2D eigenvalue weighted by Gasteiger charge is -2.48. The highest BCUT2D eigenvalue weighted by atomic mass is 16.6. The van der Waals surface area contributed by atoms with Crippen LogP contribution in [0.2, 0.25) is 0 Å². The van der Waals surface area contributed by atoms with E-state index in [1.54, 1.807) is 6.92 Å². The van der Waals surface area contributed by atoms with E-state index in [1.165, 1.54) is 6.92 Å². The molecule has 3 aliphatic rings. The van der Waals surface area contributed by atoms with Crippen LogP contribution in [0.4, 0.5) is 0 Å². The maximum Gasteiger partial charge on any atom is 0.307 e. The number of carbonyl (C=O) groups excluding carboxylic acids is 3. The van der Waals surface area contributed by atoms with Crippen molar-refractivity contribution in [2.75, 3.05) is 19.8 Å². The van der Waals surface area contributed by atoms with Gasteiger partial charge in [0, 0.05) is 18.8 Å². The van der Waals surface area contributed by atoms with E-state index in [4.69, 9.17) is 14.2 Å². The maximum atomic E-state index is 12.2. The predicted molar refractivity (Wildman–Crippen MR) is 77.4 cm³/mol. The average molecular weight is 342 g/mol. The highest BCUT2D eigenvalue weighted by Gasteiger charge is 2.78. The van der Waals surface area contributed by atoms with Crippen molar-refractivity contribution >= 4 is 17.9 Å². The van der Waals surface area contributed by atoms with Crippen LogP contribution in [0.1, 0.15) is 33.1 Å².